The molecule has 0 atom stereocenters. The van der Waals surface area contributed by atoms with Crippen molar-refractivity contribution in [3.05, 3.63) is 95.3 Å². The average molecular weight is 420 g/mol. The number of benzene rings is 3. The fourth-order valence-corrected chi connectivity index (χ4v) is 2.68. The van der Waals surface area contributed by atoms with Gasteiger partial charge in [-0.15, -0.1) is 0 Å². The fraction of sp³-hybridized carbons (Fsp3) is 0.130. The van der Waals surface area contributed by atoms with E-state index >= 15 is 0 Å². The van der Waals surface area contributed by atoms with Crippen molar-refractivity contribution in [2.45, 2.75) is 13.5 Å². The van der Waals surface area contributed by atoms with Crippen LogP contribution in [0.3, 0.4) is 0 Å². The molecule has 0 aliphatic heterocycles. The lowest BCUT2D eigenvalue weighted by molar-refractivity contribution is 0.156. The van der Waals surface area contributed by atoms with Gasteiger partial charge in [0.15, 0.2) is 17.5 Å². The molecule has 0 spiro atoms. The third-order valence-corrected chi connectivity index (χ3v) is 4.23. The Balaban J connectivity index is 1.65. The minimum Gasteiger partial charge on any atom is -0.489 e. The van der Waals surface area contributed by atoms with Gasteiger partial charge in [0, 0.05) is 5.56 Å². The van der Waals surface area contributed by atoms with Crippen LogP contribution in [0.25, 0.3) is 17.0 Å². The SMILES string of the molecule is CCOC(F)=C(F)c1ccc(COc2ccc(-c3cc(F)c(F)c(F)c3)cc2)cc1. The van der Waals surface area contributed by atoms with E-state index < -0.39 is 29.3 Å². The molecule has 0 amide bonds. The third kappa shape index (κ3) is 4.97. The van der Waals surface area contributed by atoms with Crippen molar-refractivity contribution in [2.24, 2.45) is 0 Å². The Morgan fingerprint density at radius 1 is 0.800 bits per heavy atom. The second kappa shape index (κ2) is 9.43. The maximum Gasteiger partial charge on any atom is 0.309 e. The summed E-state index contributed by atoms with van der Waals surface area (Å²) in [4.78, 5) is 0. The van der Waals surface area contributed by atoms with Gasteiger partial charge in [0.25, 0.3) is 0 Å². The molecule has 3 aromatic rings. The summed E-state index contributed by atoms with van der Waals surface area (Å²) in [5, 5.41) is 0. The Kier molecular flexibility index (Phi) is 6.72. The van der Waals surface area contributed by atoms with Gasteiger partial charge in [-0.2, -0.15) is 8.78 Å². The highest BCUT2D eigenvalue weighted by Crippen LogP contribution is 2.26. The van der Waals surface area contributed by atoms with Crippen LogP contribution in [0.5, 0.6) is 5.75 Å². The quantitative estimate of drug-likeness (QED) is 0.234. The van der Waals surface area contributed by atoms with E-state index in [0.717, 1.165) is 17.7 Å². The van der Waals surface area contributed by atoms with Crippen LogP contribution < -0.4 is 4.74 Å². The fourth-order valence-electron chi connectivity index (χ4n) is 2.68. The molecule has 0 saturated carbocycles. The summed E-state index contributed by atoms with van der Waals surface area (Å²) >= 11 is 0. The Morgan fingerprint density at radius 2 is 1.40 bits per heavy atom. The zero-order valence-electron chi connectivity index (χ0n) is 15.9. The van der Waals surface area contributed by atoms with E-state index in [2.05, 4.69) is 4.74 Å². The second-order valence-corrected chi connectivity index (χ2v) is 6.28. The molecule has 156 valence electrons. The summed E-state index contributed by atoms with van der Waals surface area (Å²) in [6.07, 6.45) is 0. The first-order valence-corrected chi connectivity index (χ1v) is 9.04. The molecule has 0 unspecified atom stereocenters. The van der Waals surface area contributed by atoms with Gasteiger partial charge in [-0.3, -0.25) is 0 Å². The number of hydrogen-bond donors (Lipinski definition) is 0. The number of halogens is 5. The second-order valence-electron chi connectivity index (χ2n) is 6.28. The van der Waals surface area contributed by atoms with E-state index in [0.29, 0.717) is 11.3 Å². The van der Waals surface area contributed by atoms with Crippen LogP contribution >= 0.6 is 0 Å². The van der Waals surface area contributed by atoms with Gasteiger partial charge in [0.05, 0.1) is 6.61 Å². The van der Waals surface area contributed by atoms with Gasteiger partial charge in [0.2, 0.25) is 5.83 Å². The molecule has 3 rings (SSSR count). The highest BCUT2D eigenvalue weighted by Gasteiger charge is 2.12. The maximum absolute atomic E-state index is 13.8. The summed E-state index contributed by atoms with van der Waals surface area (Å²) in [6, 6.07) is 12.9. The molecular formula is C23H17F5O2. The van der Waals surface area contributed by atoms with Crippen molar-refractivity contribution in [1.82, 2.24) is 0 Å². The predicted octanol–water partition coefficient (Wildman–Crippen LogP) is 6.95. The van der Waals surface area contributed by atoms with Crippen molar-refractivity contribution in [3.8, 4) is 16.9 Å². The molecule has 0 aromatic heterocycles. The standard InChI is InChI=1S/C23H17F5O2/c1-2-29-23(28)21(26)16-5-3-14(4-6-16)13-30-18-9-7-15(8-10-18)17-11-19(24)22(27)20(25)12-17/h3-12H,2,13H2,1H3. The highest BCUT2D eigenvalue weighted by molar-refractivity contribution is 5.64. The Labute approximate surface area is 170 Å². The molecule has 7 heteroatoms. The Morgan fingerprint density at radius 3 is 1.97 bits per heavy atom. The van der Waals surface area contributed by atoms with Crippen LogP contribution in [0.2, 0.25) is 0 Å². The van der Waals surface area contributed by atoms with Gasteiger partial charge >= 0.3 is 6.01 Å². The number of hydrogen-bond acceptors (Lipinski definition) is 2. The topological polar surface area (TPSA) is 18.5 Å². The summed E-state index contributed by atoms with van der Waals surface area (Å²) in [5.41, 5.74) is 1.45. The minimum atomic E-state index is -1.51. The first-order valence-electron chi connectivity index (χ1n) is 9.04. The van der Waals surface area contributed by atoms with Crippen LogP contribution in [-0.2, 0) is 11.3 Å². The van der Waals surface area contributed by atoms with Crippen LogP contribution in [0.1, 0.15) is 18.1 Å². The number of rotatable bonds is 7. The first kappa shape index (κ1) is 21.4. The van der Waals surface area contributed by atoms with Crippen molar-refractivity contribution >= 4 is 5.83 Å². The zero-order valence-corrected chi connectivity index (χ0v) is 15.9. The zero-order chi connectivity index (χ0) is 21.7. The molecule has 0 aliphatic carbocycles. The van der Waals surface area contributed by atoms with Gasteiger partial charge in [-0.25, -0.2) is 13.2 Å². The van der Waals surface area contributed by atoms with Crippen molar-refractivity contribution in [1.29, 1.82) is 0 Å². The first-order chi connectivity index (χ1) is 14.4. The van der Waals surface area contributed by atoms with E-state index in [1.54, 1.807) is 43.3 Å². The average Bonchev–Trinajstić information content (AvgIpc) is 2.76. The molecule has 0 aliphatic rings. The van der Waals surface area contributed by atoms with Crippen molar-refractivity contribution in [3.63, 3.8) is 0 Å². The smallest absolute Gasteiger partial charge is 0.309 e. The largest absolute Gasteiger partial charge is 0.489 e. The molecule has 30 heavy (non-hydrogen) atoms. The predicted molar refractivity (Wildman–Crippen MR) is 103 cm³/mol. The van der Waals surface area contributed by atoms with Crippen LogP contribution in [0, 0.1) is 17.5 Å². The molecule has 3 aromatic carbocycles. The summed E-state index contributed by atoms with van der Waals surface area (Å²) in [7, 11) is 0. The van der Waals surface area contributed by atoms with E-state index in [1.807, 2.05) is 0 Å². The van der Waals surface area contributed by atoms with Crippen molar-refractivity contribution in [2.75, 3.05) is 6.61 Å². The molecule has 0 N–H and O–H groups in total. The van der Waals surface area contributed by atoms with Gasteiger partial charge in [-0.1, -0.05) is 36.4 Å². The molecule has 0 saturated heterocycles. The minimum absolute atomic E-state index is 0.0228. The van der Waals surface area contributed by atoms with Crippen LogP contribution in [0.4, 0.5) is 22.0 Å². The van der Waals surface area contributed by atoms with Crippen LogP contribution in [-0.4, -0.2) is 6.61 Å². The normalized spacial score (nSPS) is 11.8. The van der Waals surface area contributed by atoms with Gasteiger partial charge < -0.3 is 9.47 Å². The van der Waals surface area contributed by atoms with Crippen LogP contribution in [0.15, 0.2) is 66.7 Å². The summed E-state index contributed by atoms with van der Waals surface area (Å²) in [5.74, 6) is -4.63. The van der Waals surface area contributed by atoms with E-state index in [9.17, 15) is 22.0 Å². The third-order valence-electron chi connectivity index (χ3n) is 4.23. The lowest BCUT2D eigenvalue weighted by atomic mass is 10.1. The Bertz CT molecular complexity index is 1020. The Hall–Kier alpha value is -3.35. The van der Waals surface area contributed by atoms with E-state index in [-0.39, 0.29) is 24.3 Å². The van der Waals surface area contributed by atoms with Crippen molar-refractivity contribution < 1.29 is 31.4 Å². The molecule has 0 heterocycles. The maximum atomic E-state index is 13.8. The monoisotopic (exact) mass is 420 g/mol. The lowest BCUT2D eigenvalue weighted by Gasteiger charge is -2.09. The van der Waals surface area contributed by atoms with Gasteiger partial charge in [-0.05, 0) is 47.9 Å². The summed E-state index contributed by atoms with van der Waals surface area (Å²) in [6.45, 7) is 1.74. The van der Waals surface area contributed by atoms with Gasteiger partial charge in [0.1, 0.15) is 12.4 Å². The molecule has 0 bridgehead atoms. The molecule has 0 fully saturated rings. The lowest BCUT2D eigenvalue weighted by Crippen LogP contribution is -1.96. The summed E-state index contributed by atoms with van der Waals surface area (Å²) < 4.78 is 77.2. The van der Waals surface area contributed by atoms with E-state index in [4.69, 9.17) is 4.74 Å². The molecular weight excluding hydrogens is 403 g/mol. The highest BCUT2D eigenvalue weighted by atomic mass is 19.2. The number of ether oxygens (including phenoxy) is 2. The van der Waals surface area contributed by atoms with E-state index in [1.165, 1.54) is 12.1 Å². The molecule has 2 nitrogen and oxygen atoms in total. The molecule has 0 radical (unpaired) electrons.